The molecule has 18 heavy (non-hydrogen) atoms. The molecule has 2 heterocycles. The van der Waals surface area contributed by atoms with Gasteiger partial charge in [-0.15, -0.1) is 0 Å². The van der Waals surface area contributed by atoms with Gasteiger partial charge in [0.05, 0.1) is 12.6 Å². The molecular formula is C14H24N2O2. The molecule has 3 fully saturated rings. The van der Waals surface area contributed by atoms with E-state index in [1.165, 1.54) is 12.8 Å². The molecule has 3 aliphatic rings. The molecule has 0 aromatic heterocycles. The second-order valence-corrected chi connectivity index (χ2v) is 6.16. The number of nitrogens with one attached hydrogen (secondary N) is 1. The Balaban J connectivity index is 1.63. The first-order valence-corrected chi connectivity index (χ1v) is 7.31. The van der Waals surface area contributed by atoms with Crippen LogP contribution in [-0.4, -0.2) is 50.2 Å². The third-order valence-electron chi connectivity index (χ3n) is 4.75. The summed E-state index contributed by atoms with van der Waals surface area (Å²) in [5, 5.41) is 3.20. The average molecular weight is 252 g/mol. The average Bonchev–Trinajstić information content (AvgIpc) is 3.14. The molecule has 4 nitrogen and oxygen atoms in total. The minimum Gasteiger partial charge on any atom is -0.381 e. The number of rotatable bonds is 3. The maximum absolute atomic E-state index is 12.4. The van der Waals surface area contributed by atoms with Gasteiger partial charge in [0.25, 0.3) is 0 Å². The van der Waals surface area contributed by atoms with E-state index in [1.807, 2.05) is 7.05 Å². The zero-order chi connectivity index (χ0) is 12.5. The number of hydrogen-bond donors (Lipinski definition) is 1. The third kappa shape index (κ3) is 2.54. The van der Waals surface area contributed by atoms with Gasteiger partial charge in [-0.1, -0.05) is 0 Å². The van der Waals surface area contributed by atoms with E-state index in [2.05, 4.69) is 10.2 Å². The Kier molecular flexibility index (Phi) is 3.57. The van der Waals surface area contributed by atoms with Crippen LogP contribution in [0.5, 0.6) is 0 Å². The Morgan fingerprint density at radius 3 is 3.00 bits per heavy atom. The summed E-state index contributed by atoms with van der Waals surface area (Å²) in [5.74, 6) is 2.43. The minimum absolute atomic E-state index is 0.0482. The van der Waals surface area contributed by atoms with E-state index in [9.17, 15) is 4.79 Å². The molecule has 2 saturated heterocycles. The normalized spacial score (nSPS) is 40.3. The third-order valence-corrected chi connectivity index (χ3v) is 4.75. The lowest BCUT2D eigenvalue weighted by Crippen LogP contribution is -2.47. The highest BCUT2D eigenvalue weighted by Crippen LogP contribution is 2.44. The monoisotopic (exact) mass is 252 g/mol. The predicted octanol–water partition coefficient (Wildman–Crippen LogP) is 0.869. The second kappa shape index (κ2) is 5.17. The summed E-state index contributed by atoms with van der Waals surface area (Å²) >= 11 is 0. The van der Waals surface area contributed by atoms with Gasteiger partial charge in [-0.25, -0.2) is 0 Å². The van der Waals surface area contributed by atoms with Crippen molar-refractivity contribution in [3.8, 4) is 0 Å². The zero-order valence-electron chi connectivity index (χ0n) is 11.2. The minimum atomic E-state index is 0.0482. The molecule has 4 unspecified atom stereocenters. The van der Waals surface area contributed by atoms with Crippen LogP contribution in [0.25, 0.3) is 0 Å². The van der Waals surface area contributed by atoms with Crippen molar-refractivity contribution in [3.63, 3.8) is 0 Å². The van der Waals surface area contributed by atoms with E-state index in [0.29, 0.717) is 11.8 Å². The summed E-state index contributed by atoms with van der Waals surface area (Å²) in [7, 11) is 1.91. The number of hydrogen-bond acceptors (Lipinski definition) is 3. The van der Waals surface area contributed by atoms with Crippen molar-refractivity contribution in [2.45, 2.75) is 31.7 Å². The number of likely N-dealkylation sites (tertiary alicyclic amines) is 1. The van der Waals surface area contributed by atoms with E-state index < -0.39 is 0 Å². The van der Waals surface area contributed by atoms with Gasteiger partial charge in [0.1, 0.15) is 0 Å². The largest absolute Gasteiger partial charge is 0.381 e. The van der Waals surface area contributed by atoms with Crippen LogP contribution >= 0.6 is 0 Å². The Hall–Kier alpha value is -0.610. The highest BCUT2D eigenvalue weighted by Gasteiger charge is 2.45. The van der Waals surface area contributed by atoms with E-state index in [-0.39, 0.29) is 6.04 Å². The maximum Gasteiger partial charge on any atom is 0.239 e. The number of carbonyl (C=O) groups excluding carboxylic acids is 1. The highest BCUT2D eigenvalue weighted by molar-refractivity contribution is 5.82. The van der Waals surface area contributed by atoms with E-state index in [1.54, 1.807) is 0 Å². The van der Waals surface area contributed by atoms with Gasteiger partial charge in [-0.3, -0.25) is 4.79 Å². The summed E-state index contributed by atoms with van der Waals surface area (Å²) in [6.07, 6.45) is 4.72. The van der Waals surface area contributed by atoms with Crippen LogP contribution in [0.4, 0.5) is 0 Å². The fraction of sp³-hybridized carbons (Fsp3) is 0.929. The predicted molar refractivity (Wildman–Crippen MR) is 69.2 cm³/mol. The molecule has 0 aromatic carbocycles. The lowest BCUT2D eigenvalue weighted by Gasteiger charge is -2.31. The number of nitrogens with zero attached hydrogens (tertiary/aromatic N) is 1. The van der Waals surface area contributed by atoms with Gasteiger partial charge < -0.3 is 15.0 Å². The summed E-state index contributed by atoms with van der Waals surface area (Å²) < 4.78 is 5.53. The Labute approximate surface area is 109 Å². The van der Waals surface area contributed by atoms with Crippen molar-refractivity contribution in [2.75, 3.05) is 33.4 Å². The van der Waals surface area contributed by atoms with Gasteiger partial charge in [-0.2, -0.15) is 0 Å². The van der Waals surface area contributed by atoms with Gasteiger partial charge in [0.2, 0.25) is 5.91 Å². The molecule has 1 saturated carbocycles. The molecule has 0 spiro atoms. The fourth-order valence-electron chi connectivity index (χ4n) is 3.49. The van der Waals surface area contributed by atoms with E-state index >= 15 is 0 Å². The van der Waals surface area contributed by atoms with Crippen LogP contribution in [-0.2, 0) is 9.53 Å². The second-order valence-electron chi connectivity index (χ2n) is 6.16. The molecule has 0 aromatic rings. The first-order valence-electron chi connectivity index (χ1n) is 7.31. The molecule has 4 atom stereocenters. The molecule has 4 heteroatoms. The van der Waals surface area contributed by atoms with Gasteiger partial charge in [-0.05, 0) is 50.5 Å². The van der Waals surface area contributed by atoms with Crippen LogP contribution in [0, 0.1) is 17.8 Å². The number of fused-ring (bicyclic) bond motifs is 1. The van der Waals surface area contributed by atoms with E-state index in [0.717, 1.165) is 51.0 Å². The van der Waals surface area contributed by atoms with Crippen LogP contribution in [0.2, 0.25) is 0 Å². The molecule has 1 N–H and O–H groups in total. The van der Waals surface area contributed by atoms with Crippen molar-refractivity contribution in [3.05, 3.63) is 0 Å². The van der Waals surface area contributed by atoms with Crippen LogP contribution < -0.4 is 5.32 Å². The summed E-state index contributed by atoms with van der Waals surface area (Å²) in [5.41, 5.74) is 0. The molecule has 1 aliphatic carbocycles. The first kappa shape index (κ1) is 12.4. The quantitative estimate of drug-likeness (QED) is 0.810. The number of carbonyl (C=O) groups is 1. The molecule has 0 bridgehead atoms. The molecule has 0 radical (unpaired) electrons. The standard InChI is InChI=1S/C14H24N2O2/c1-15-13-6-11-5-12(11)8-16(14(13)17)7-10-3-2-4-18-9-10/h10-13,15H,2-9H2,1H3. The van der Waals surface area contributed by atoms with Crippen LogP contribution in [0.1, 0.15) is 25.7 Å². The lowest BCUT2D eigenvalue weighted by atomic mass is 10.0. The van der Waals surface area contributed by atoms with Gasteiger partial charge in [0.15, 0.2) is 0 Å². The van der Waals surface area contributed by atoms with Crippen molar-refractivity contribution < 1.29 is 9.53 Å². The van der Waals surface area contributed by atoms with Crippen molar-refractivity contribution in [1.29, 1.82) is 0 Å². The Bertz CT molecular complexity index is 315. The number of likely N-dealkylation sites (N-methyl/N-ethyl adjacent to an activating group) is 1. The van der Waals surface area contributed by atoms with Crippen molar-refractivity contribution in [1.82, 2.24) is 10.2 Å². The van der Waals surface area contributed by atoms with Crippen LogP contribution in [0.15, 0.2) is 0 Å². The molecule has 1 amide bonds. The SMILES string of the molecule is CNC1CC2CC2CN(CC2CCCOC2)C1=O. The molecule has 2 aliphatic heterocycles. The summed E-state index contributed by atoms with van der Waals surface area (Å²) in [6.45, 7) is 3.62. The Morgan fingerprint density at radius 1 is 1.39 bits per heavy atom. The summed E-state index contributed by atoms with van der Waals surface area (Å²) in [6, 6.07) is 0.0482. The zero-order valence-corrected chi connectivity index (χ0v) is 11.2. The van der Waals surface area contributed by atoms with Gasteiger partial charge >= 0.3 is 0 Å². The fourth-order valence-corrected chi connectivity index (χ4v) is 3.49. The maximum atomic E-state index is 12.4. The van der Waals surface area contributed by atoms with Crippen molar-refractivity contribution in [2.24, 2.45) is 17.8 Å². The summed E-state index contributed by atoms with van der Waals surface area (Å²) in [4.78, 5) is 14.5. The van der Waals surface area contributed by atoms with Crippen molar-refractivity contribution >= 4 is 5.91 Å². The number of amides is 1. The van der Waals surface area contributed by atoms with Crippen LogP contribution in [0.3, 0.4) is 0 Å². The smallest absolute Gasteiger partial charge is 0.239 e. The van der Waals surface area contributed by atoms with Gasteiger partial charge in [0, 0.05) is 19.7 Å². The first-order chi connectivity index (χ1) is 8.78. The lowest BCUT2D eigenvalue weighted by molar-refractivity contribution is -0.134. The molecule has 3 rings (SSSR count). The highest BCUT2D eigenvalue weighted by atomic mass is 16.5. The Morgan fingerprint density at radius 2 is 2.28 bits per heavy atom. The molecular weight excluding hydrogens is 228 g/mol. The number of ether oxygens (including phenoxy) is 1. The van der Waals surface area contributed by atoms with E-state index in [4.69, 9.17) is 4.74 Å². The molecule has 102 valence electrons. The topological polar surface area (TPSA) is 41.6 Å².